The number of aryl methyl sites for hydroxylation is 1. The molecule has 2 rings (SSSR count). The van der Waals surface area contributed by atoms with Crippen molar-refractivity contribution in [2.45, 2.75) is 46.1 Å². The van der Waals surface area contributed by atoms with Crippen molar-refractivity contribution in [2.24, 2.45) is 11.3 Å². The summed E-state index contributed by atoms with van der Waals surface area (Å²) in [6.07, 6.45) is 1.99. The zero-order chi connectivity index (χ0) is 12.0. The van der Waals surface area contributed by atoms with Gasteiger partial charge in [0.2, 0.25) is 0 Å². The molecular weight excluding hydrogens is 196 g/mol. The number of aliphatic hydroxyl groups is 1. The molecule has 1 aliphatic carbocycles. The van der Waals surface area contributed by atoms with E-state index in [1.807, 2.05) is 0 Å². The molecule has 1 N–H and O–H groups in total. The normalized spacial score (nSPS) is 32.9. The molecule has 0 aliphatic heterocycles. The Kier molecular flexibility index (Phi) is 2.62. The van der Waals surface area contributed by atoms with Crippen LogP contribution in [0.1, 0.15) is 44.7 Å². The van der Waals surface area contributed by atoms with Gasteiger partial charge < -0.3 is 5.11 Å². The van der Waals surface area contributed by atoms with E-state index in [1.165, 1.54) is 5.56 Å². The van der Waals surface area contributed by atoms with E-state index >= 15 is 0 Å². The van der Waals surface area contributed by atoms with Crippen molar-refractivity contribution in [3.63, 3.8) is 0 Å². The van der Waals surface area contributed by atoms with Gasteiger partial charge in [-0.2, -0.15) is 0 Å². The molecule has 16 heavy (non-hydrogen) atoms. The predicted octanol–water partition coefficient (Wildman–Crippen LogP) is 3.64. The highest BCUT2D eigenvalue weighted by Crippen LogP contribution is 2.55. The lowest BCUT2D eigenvalue weighted by molar-refractivity contribution is -0.0621. The predicted molar refractivity (Wildman–Crippen MR) is 67.3 cm³/mol. The Morgan fingerprint density at radius 1 is 1.19 bits per heavy atom. The van der Waals surface area contributed by atoms with Gasteiger partial charge in [0.25, 0.3) is 0 Å². The summed E-state index contributed by atoms with van der Waals surface area (Å²) in [6.45, 7) is 8.69. The average molecular weight is 218 g/mol. The second-order valence-corrected chi connectivity index (χ2v) is 5.89. The molecule has 1 heteroatoms. The Balaban J connectivity index is 2.43. The average Bonchev–Trinajstić information content (AvgIpc) is 2.44. The van der Waals surface area contributed by atoms with Crippen LogP contribution < -0.4 is 0 Å². The topological polar surface area (TPSA) is 20.2 Å². The van der Waals surface area contributed by atoms with Gasteiger partial charge in [-0.15, -0.1) is 0 Å². The zero-order valence-corrected chi connectivity index (χ0v) is 10.7. The third-order valence-electron chi connectivity index (χ3n) is 4.77. The van der Waals surface area contributed by atoms with E-state index in [0.29, 0.717) is 5.92 Å². The summed E-state index contributed by atoms with van der Waals surface area (Å²) in [5, 5.41) is 11.0. The van der Waals surface area contributed by atoms with Crippen LogP contribution in [0.3, 0.4) is 0 Å². The van der Waals surface area contributed by atoms with Crippen LogP contribution in [0.4, 0.5) is 0 Å². The van der Waals surface area contributed by atoms with Gasteiger partial charge in [-0.3, -0.25) is 0 Å². The smallest absolute Gasteiger partial charge is 0.0949 e. The summed E-state index contributed by atoms with van der Waals surface area (Å²) in [5.74, 6) is 0.568. The summed E-state index contributed by atoms with van der Waals surface area (Å²) >= 11 is 0. The van der Waals surface area contributed by atoms with Crippen LogP contribution in [0.5, 0.6) is 0 Å². The number of benzene rings is 1. The molecular formula is C15H22O. The first kappa shape index (κ1) is 11.7. The Hall–Kier alpha value is -0.820. The monoisotopic (exact) mass is 218 g/mol. The molecule has 1 nitrogen and oxygen atoms in total. The molecule has 1 fully saturated rings. The molecule has 88 valence electrons. The van der Waals surface area contributed by atoms with Crippen LogP contribution in [0.15, 0.2) is 24.3 Å². The molecule has 0 spiro atoms. The fourth-order valence-electron chi connectivity index (χ4n) is 2.86. The van der Waals surface area contributed by atoms with Crippen molar-refractivity contribution >= 4 is 0 Å². The van der Waals surface area contributed by atoms with Crippen molar-refractivity contribution in [3.8, 4) is 0 Å². The van der Waals surface area contributed by atoms with Crippen molar-refractivity contribution in [3.05, 3.63) is 35.4 Å². The lowest BCUT2D eigenvalue weighted by atomic mass is 9.70. The van der Waals surface area contributed by atoms with Crippen LogP contribution in [-0.4, -0.2) is 5.11 Å². The molecule has 1 aromatic carbocycles. The fourth-order valence-corrected chi connectivity index (χ4v) is 2.86. The highest BCUT2D eigenvalue weighted by molar-refractivity contribution is 5.30. The SMILES string of the molecule is Cc1ccc([C@]2(O)CC[C@H](C)C2(C)C)cc1. The van der Waals surface area contributed by atoms with Crippen LogP contribution in [-0.2, 0) is 5.60 Å². The van der Waals surface area contributed by atoms with E-state index in [4.69, 9.17) is 0 Å². The zero-order valence-electron chi connectivity index (χ0n) is 10.7. The molecule has 2 atom stereocenters. The van der Waals surface area contributed by atoms with Gasteiger partial charge in [0, 0.05) is 5.41 Å². The molecule has 1 aliphatic rings. The van der Waals surface area contributed by atoms with Gasteiger partial charge in [0.1, 0.15) is 0 Å². The van der Waals surface area contributed by atoms with E-state index in [9.17, 15) is 5.11 Å². The fraction of sp³-hybridized carbons (Fsp3) is 0.600. The maximum Gasteiger partial charge on any atom is 0.0949 e. The van der Waals surface area contributed by atoms with Gasteiger partial charge in [0.05, 0.1) is 5.60 Å². The Morgan fingerprint density at radius 3 is 2.19 bits per heavy atom. The van der Waals surface area contributed by atoms with Gasteiger partial charge >= 0.3 is 0 Å². The molecule has 0 amide bonds. The maximum atomic E-state index is 11.0. The molecule has 0 radical (unpaired) electrons. The summed E-state index contributed by atoms with van der Waals surface area (Å²) in [6, 6.07) is 8.34. The summed E-state index contributed by atoms with van der Waals surface area (Å²) in [7, 11) is 0. The first-order valence-corrected chi connectivity index (χ1v) is 6.17. The van der Waals surface area contributed by atoms with E-state index in [1.54, 1.807) is 0 Å². The van der Waals surface area contributed by atoms with Crippen LogP contribution in [0.2, 0.25) is 0 Å². The van der Waals surface area contributed by atoms with Crippen LogP contribution >= 0.6 is 0 Å². The third kappa shape index (κ3) is 1.49. The van der Waals surface area contributed by atoms with Gasteiger partial charge in [-0.1, -0.05) is 50.6 Å². The van der Waals surface area contributed by atoms with E-state index < -0.39 is 5.60 Å². The summed E-state index contributed by atoms with van der Waals surface area (Å²) in [5.41, 5.74) is 1.63. The van der Waals surface area contributed by atoms with Gasteiger partial charge in [-0.25, -0.2) is 0 Å². The van der Waals surface area contributed by atoms with Crippen molar-refractivity contribution in [1.29, 1.82) is 0 Å². The molecule has 0 aromatic heterocycles. The first-order chi connectivity index (χ1) is 7.38. The number of hydrogen-bond donors (Lipinski definition) is 1. The standard InChI is InChI=1S/C15H22O/c1-11-5-7-13(8-6-11)15(16)10-9-12(2)14(15,3)4/h5-8,12,16H,9-10H2,1-4H3/t12-,15+/m0/s1. The summed E-state index contributed by atoms with van der Waals surface area (Å²) in [4.78, 5) is 0. The van der Waals surface area contributed by atoms with Crippen LogP contribution in [0.25, 0.3) is 0 Å². The Bertz CT molecular complexity index is 377. The lowest BCUT2D eigenvalue weighted by Gasteiger charge is -2.40. The highest BCUT2D eigenvalue weighted by Gasteiger charge is 2.52. The Morgan fingerprint density at radius 2 is 1.75 bits per heavy atom. The second kappa shape index (κ2) is 3.59. The van der Waals surface area contributed by atoms with Gasteiger partial charge in [-0.05, 0) is 31.2 Å². The molecule has 0 heterocycles. The molecule has 1 saturated carbocycles. The minimum atomic E-state index is -0.653. The minimum absolute atomic E-state index is 0.0394. The minimum Gasteiger partial charge on any atom is -0.385 e. The maximum absolute atomic E-state index is 11.0. The van der Waals surface area contributed by atoms with E-state index in [2.05, 4.69) is 52.0 Å². The van der Waals surface area contributed by atoms with Crippen LogP contribution in [0, 0.1) is 18.3 Å². The second-order valence-electron chi connectivity index (χ2n) is 5.89. The van der Waals surface area contributed by atoms with Crippen molar-refractivity contribution in [1.82, 2.24) is 0 Å². The molecule has 0 saturated heterocycles. The van der Waals surface area contributed by atoms with Crippen molar-refractivity contribution < 1.29 is 5.11 Å². The van der Waals surface area contributed by atoms with E-state index in [0.717, 1.165) is 18.4 Å². The highest BCUT2D eigenvalue weighted by atomic mass is 16.3. The first-order valence-electron chi connectivity index (χ1n) is 6.17. The molecule has 1 aromatic rings. The quantitative estimate of drug-likeness (QED) is 0.763. The largest absolute Gasteiger partial charge is 0.385 e. The lowest BCUT2D eigenvalue weighted by Crippen LogP contribution is -2.39. The Labute approximate surface area is 98.5 Å². The number of rotatable bonds is 1. The van der Waals surface area contributed by atoms with E-state index in [-0.39, 0.29) is 5.41 Å². The molecule has 0 bridgehead atoms. The van der Waals surface area contributed by atoms with Crippen molar-refractivity contribution in [2.75, 3.05) is 0 Å². The summed E-state index contributed by atoms with van der Waals surface area (Å²) < 4.78 is 0. The number of hydrogen-bond acceptors (Lipinski definition) is 1. The molecule has 0 unspecified atom stereocenters. The third-order valence-corrected chi connectivity index (χ3v) is 4.77. The van der Waals surface area contributed by atoms with Gasteiger partial charge in [0.15, 0.2) is 0 Å².